The number of nitrogens with one attached hydrogen (secondary N) is 2. The number of non-ortho nitro benzene ring substituents is 1. The minimum Gasteiger partial charge on any atom is -0.463 e. The van der Waals surface area contributed by atoms with Crippen LogP contribution in [0.4, 0.5) is 10.8 Å². The lowest BCUT2D eigenvalue weighted by molar-refractivity contribution is -0.384. The summed E-state index contributed by atoms with van der Waals surface area (Å²) in [5.41, 5.74) is 0.879. The molecule has 17 heteroatoms. The highest BCUT2D eigenvalue weighted by molar-refractivity contribution is 7.80. The Morgan fingerprint density at radius 3 is 2.27 bits per heavy atom. The van der Waals surface area contributed by atoms with E-state index in [0.717, 1.165) is 32.1 Å². The number of rotatable bonds is 9. The molecule has 0 bridgehead atoms. The van der Waals surface area contributed by atoms with Crippen molar-refractivity contribution in [3.05, 3.63) is 39.8 Å². The molecule has 1 aromatic carbocycles. The van der Waals surface area contributed by atoms with Crippen LogP contribution >= 0.6 is 23.6 Å². The summed E-state index contributed by atoms with van der Waals surface area (Å²) in [4.78, 5) is 62.2. The number of hydrogen-bond donors (Lipinski definition) is 2. The molecule has 5 atom stereocenters. The molecule has 0 radical (unpaired) electrons. The van der Waals surface area contributed by atoms with Gasteiger partial charge in [0.2, 0.25) is 0 Å². The fraction of sp³-hybridized carbons (Fsp3) is 0.417. The van der Waals surface area contributed by atoms with Crippen LogP contribution in [0.2, 0.25) is 0 Å². The fourth-order valence-corrected chi connectivity index (χ4v) is 4.85. The molecule has 1 aromatic heterocycles. The fourth-order valence-electron chi connectivity index (χ4n) is 3.85. The monoisotopic (exact) mass is 610 g/mol. The Morgan fingerprint density at radius 1 is 1.02 bits per heavy atom. The molecule has 0 saturated carbocycles. The van der Waals surface area contributed by atoms with Gasteiger partial charge in [-0.2, -0.15) is 0 Å². The van der Waals surface area contributed by atoms with Crippen molar-refractivity contribution in [2.24, 2.45) is 0 Å². The molecule has 1 saturated heterocycles. The minimum atomic E-state index is -1.37. The number of thiocarbonyl (C=S) groups is 1. The van der Waals surface area contributed by atoms with E-state index in [2.05, 4.69) is 15.6 Å². The maximum atomic E-state index is 12.0. The van der Waals surface area contributed by atoms with E-state index in [9.17, 15) is 29.3 Å². The standard InChI is InChI=1S/C24H26N4O11S2/c1-11(29)35-9-18-19(36-12(2)30)20(37-13(3)31)21(38-14(4)32)22(39-18)26-23(40)27-24-25-17(10-41-24)15-6-5-7-16(8-15)28(33)34/h5-8,10,18-22H,9H2,1-4H3,(H2,25,26,27,40)/t18-,19-,20+,21-,22-/m1/s1. The number of carbonyl (C=O) groups excluding carboxylic acids is 4. The lowest BCUT2D eigenvalue weighted by atomic mass is 9.97. The van der Waals surface area contributed by atoms with E-state index < -0.39 is 66.1 Å². The van der Waals surface area contributed by atoms with Crippen LogP contribution in [0.5, 0.6) is 0 Å². The normalized spacial score (nSPS) is 21.6. The number of thiazole rings is 1. The summed E-state index contributed by atoms with van der Waals surface area (Å²) in [6, 6.07) is 5.95. The average molecular weight is 611 g/mol. The number of anilines is 1. The number of aromatic nitrogens is 1. The van der Waals surface area contributed by atoms with Crippen molar-refractivity contribution in [1.29, 1.82) is 0 Å². The molecule has 2 aromatic rings. The zero-order valence-corrected chi connectivity index (χ0v) is 23.8. The summed E-state index contributed by atoms with van der Waals surface area (Å²) in [7, 11) is 0. The maximum absolute atomic E-state index is 12.0. The van der Waals surface area contributed by atoms with Crippen molar-refractivity contribution < 1.29 is 47.8 Å². The predicted molar refractivity (Wildman–Crippen MR) is 146 cm³/mol. The van der Waals surface area contributed by atoms with Gasteiger partial charge in [0.15, 0.2) is 34.8 Å². The largest absolute Gasteiger partial charge is 0.463 e. The number of hydrogen-bond acceptors (Lipinski definition) is 14. The second-order valence-corrected chi connectivity index (χ2v) is 9.83. The van der Waals surface area contributed by atoms with Crippen LogP contribution in [0.25, 0.3) is 11.3 Å². The molecule has 41 heavy (non-hydrogen) atoms. The van der Waals surface area contributed by atoms with Crippen LogP contribution in [-0.4, -0.2) is 76.1 Å². The first-order valence-electron chi connectivity index (χ1n) is 11.9. The van der Waals surface area contributed by atoms with Crippen molar-refractivity contribution >= 4 is 63.4 Å². The Hall–Kier alpha value is -4.22. The second kappa shape index (κ2) is 13.9. The Balaban J connectivity index is 1.84. The van der Waals surface area contributed by atoms with E-state index in [4.69, 9.17) is 35.9 Å². The number of esters is 4. The smallest absolute Gasteiger partial charge is 0.303 e. The predicted octanol–water partition coefficient (Wildman–Crippen LogP) is 2.09. The van der Waals surface area contributed by atoms with Gasteiger partial charge < -0.3 is 34.3 Å². The van der Waals surface area contributed by atoms with Gasteiger partial charge in [-0.25, -0.2) is 4.98 Å². The minimum absolute atomic E-state index is 0.0501. The molecule has 3 rings (SSSR count). The zero-order valence-electron chi connectivity index (χ0n) is 22.2. The van der Waals surface area contributed by atoms with Crippen LogP contribution in [0.3, 0.4) is 0 Å². The zero-order chi connectivity index (χ0) is 30.3. The van der Waals surface area contributed by atoms with Gasteiger partial charge in [0, 0.05) is 50.8 Å². The molecule has 15 nitrogen and oxygen atoms in total. The molecule has 1 aliphatic heterocycles. The Morgan fingerprint density at radius 2 is 1.66 bits per heavy atom. The molecule has 2 heterocycles. The first kappa shape index (κ1) is 31.3. The topological polar surface area (TPSA) is 195 Å². The highest BCUT2D eigenvalue weighted by Crippen LogP contribution is 2.30. The second-order valence-electron chi connectivity index (χ2n) is 8.56. The Bertz CT molecular complexity index is 1330. The van der Waals surface area contributed by atoms with Gasteiger partial charge in [-0.3, -0.25) is 29.3 Å². The molecular formula is C24H26N4O11S2. The summed E-state index contributed by atoms with van der Waals surface area (Å²) in [6.07, 6.45) is -6.46. The molecule has 2 N–H and O–H groups in total. The van der Waals surface area contributed by atoms with Gasteiger partial charge in [0.05, 0.1) is 10.6 Å². The van der Waals surface area contributed by atoms with Crippen molar-refractivity contribution in [2.45, 2.75) is 58.3 Å². The average Bonchev–Trinajstić information content (AvgIpc) is 3.34. The molecular weight excluding hydrogens is 584 g/mol. The summed E-state index contributed by atoms with van der Waals surface area (Å²) in [6.45, 7) is 4.13. The first-order chi connectivity index (χ1) is 19.3. The number of ether oxygens (including phenoxy) is 5. The molecule has 0 amide bonds. The van der Waals surface area contributed by atoms with Crippen molar-refractivity contribution in [1.82, 2.24) is 10.3 Å². The van der Waals surface area contributed by atoms with E-state index in [-0.39, 0.29) is 10.8 Å². The summed E-state index contributed by atoms with van der Waals surface area (Å²) in [5.74, 6) is -2.93. The molecule has 0 aliphatic carbocycles. The number of nitro groups is 1. The summed E-state index contributed by atoms with van der Waals surface area (Å²) in [5, 5.41) is 18.7. The highest BCUT2D eigenvalue weighted by atomic mass is 32.1. The SMILES string of the molecule is CC(=O)OC[C@H]1O[C@@H](NC(=S)Nc2nc(-c3cccc([N+](=O)[O-])c3)cs2)[C@H](OC(C)=O)[C@@H](OC(C)=O)[C@@H]1OC(C)=O. The van der Waals surface area contributed by atoms with Crippen molar-refractivity contribution in [2.75, 3.05) is 11.9 Å². The van der Waals surface area contributed by atoms with E-state index >= 15 is 0 Å². The third kappa shape index (κ3) is 8.89. The molecule has 220 valence electrons. The number of carbonyl (C=O) groups is 4. The summed E-state index contributed by atoms with van der Waals surface area (Å²) >= 11 is 6.55. The highest BCUT2D eigenvalue weighted by Gasteiger charge is 2.52. The van der Waals surface area contributed by atoms with Crippen LogP contribution < -0.4 is 10.6 Å². The number of benzene rings is 1. The Labute approximate surface area is 242 Å². The van der Waals surface area contributed by atoms with E-state index in [1.54, 1.807) is 11.4 Å². The molecule has 1 fully saturated rings. The molecule has 0 unspecified atom stereocenters. The maximum Gasteiger partial charge on any atom is 0.303 e. The van der Waals surface area contributed by atoms with Gasteiger partial charge in [-0.05, 0) is 12.2 Å². The van der Waals surface area contributed by atoms with Crippen LogP contribution in [-0.2, 0) is 42.9 Å². The van der Waals surface area contributed by atoms with Gasteiger partial charge in [-0.1, -0.05) is 12.1 Å². The van der Waals surface area contributed by atoms with Crippen molar-refractivity contribution in [3.63, 3.8) is 0 Å². The number of nitrogens with zero attached hydrogens (tertiary/aromatic N) is 2. The van der Waals surface area contributed by atoms with Crippen LogP contribution in [0.1, 0.15) is 27.7 Å². The van der Waals surface area contributed by atoms with Gasteiger partial charge in [0.1, 0.15) is 12.7 Å². The quantitative estimate of drug-likeness (QED) is 0.138. The third-order valence-corrected chi connectivity index (χ3v) is 6.32. The Kier molecular flexibility index (Phi) is 10.6. The lowest BCUT2D eigenvalue weighted by Crippen LogP contribution is -2.66. The van der Waals surface area contributed by atoms with Crippen LogP contribution in [0, 0.1) is 10.1 Å². The van der Waals surface area contributed by atoms with E-state index in [1.807, 2.05) is 0 Å². The summed E-state index contributed by atoms with van der Waals surface area (Å²) < 4.78 is 27.1. The van der Waals surface area contributed by atoms with Crippen LogP contribution in [0.15, 0.2) is 29.6 Å². The van der Waals surface area contributed by atoms with E-state index in [1.165, 1.54) is 25.1 Å². The molecule has 1 aliphatic rings. The molecule has 0 spiro atoms. The van der Waals surface area contributed by atoms with Gasteiger partial charge in [-0.15, -0.1) is 11.3 Å². The van der Waals surface area contributed by atoms with Crippen molar-refractivity contribution in [3.8, 4) is 11.3 Å². The van der Waals surface area contributed by atoms with E-state index in [0.29, 0.717) is 16.4 Å². The third-order valence-electron chi connectivity index (χ3n) is 5.34. The van der Waals surface area contributed by atoms with Gasteiger partial charge >= 0.3 is 23.9 Å². The first-order valence-corrected chi connectivity index (χ1v) is 13.2. The number of nitro benzene ring substituents is 1. The lowest BCUT2D eigenvalue weighted by Gasteiger charge is -2.44. The van der Waals surface area contributed by atoms with Gasteiger partial charge in [0.25, 0.3) is 5.69 Å².